The summed E-state index contributed by atoms with van der Waals surface area (Å²) in [7, 11) is -3.39. The molecule has 0 radical (unpaired) electrons. The van der Waals surface area contributed by atoms with Gasteiger partial charge >= 0.3 is 0 Å². The van der Waals surface area contributed by atoms with Gasteiger partial charge in [-0.3, -0.25) is 9.52 Å². The van der Waals surface area contributed by atoms with E-state index in [2.05, 4.69) is 10.0 Å². The molecule has 0 atom stereocenters. The SMILES string of the molecule is CS(=O)(=O)Nc1cccc(NC(=O)c2cc(-c3cccc(O)c3)cs2)c1. The molecule has 1 amide bonds. The number of phenols is 1. The van der Waals surface area contributed by atoms with E-state index in [4.69, 9.17) is 0 Å². The lowest BCUT2D eigenvalue weighted by Gasteiger charge is -2.07. The summed E-state index contributed by atoms with van der Waals surface area (Å²) in [5.41, 5.74) is 2.51. The molecule has 3 N–H and O–H groups in total. The fraction of sp³-hybridized carbons (Fsp3) is 0.0556. The van der Waals surface area contributed by atoms with E-state index >= 15 is 0 Å². The van der Waals surface area contributed by atoms with E-state index in [0.717, 1.165) is 17.4 Å². The van der Waals surface area contributed by atoms with E-state index < -0.39 is 10.0 Å². The summed E-state index contributed by atoms with van der Waals surface area (Å²) < 4.78 is 25.0. The Hall–Kier alpha value is -2.84. The summed E-state index contributed by atoms with van der Waals surface area (Å²) in [5, 5.41) is 14.2. The number of hydrogen-bond donors (Lipinski definition) is 3. The van der Waals surface area contributed by atoms with Crippen LogP contribution < -0.4 is 10.0 Å². The molecule has 0 unspecified atom stereocenters. The molecular formula is C18H16N2O4S2. The molecule has 0 spiro atoms. The molecule has 0 aliphatic carbocycles. The number of amides is 1. The number of sulfonamides is 1. The Labute approximate surface area is 155 Å². The van der Waals surface area contributed by atoms with Gasteiger partial charge in [0.15, 0.2) is 0 Å². The zero-order chi connectivity index (χ0) is 18.7. The van der Waals surface area contributed by atoms with Crippen LogP contribution in [-0.2, 0) is 10.0 Å². The smallest absolute Gasteiger partial charge is 0.265 e. The molecule has 8 heteroatoms. The first-order valence-corrected chi connectivity index (χ1v) is 10.3. The largest absolute Gasteiger partial charge is 0.508 e. The van der Waals surface area contributed by atoms with E-state index in [1.54, 1.807) is 48.5 Å². The normalized spacial score (nSPS) is 11.1. The third-order valence-corrected chi connectivity index (χ3v) is 4.96. The number of anilines is 2. The number of carbonyl (C=O) groups excluding carboxylic acids is 1. The average Bonchev–Trinajstić information content (AvgIpc) is 3.03. The molecule has 0 bridgehead atoms. The molecule has 6 nitrogen and oxygen atoms in total. The predicted octanol–water partition coefficient (Wildman–Crippen LogP) is 3.74. The quantitative estimate of drug-likeness (QED) is 0.620. The van der Waals surface area contributed by atoms with Gasteiger partial charge in [-0.2, -0.15) is 0 Å². The van der Waals surface area contributed by atoms with E-state index in [9.17, 15) is 18.3 Å². The van der Waals surface area contributed by atoms with Crippen molar-refractivity contribution in [2.45, 2.75) is 0 Å². The third kappa shape index (κ3) is 4.62. The highest BCUT2D eigenvalue weighted by molar-refractivity contribution is 7.92. The lowest BCUT2D eigenvalue weighted by Crippen LogP contribution is -2.12. The maximum Gasteiger partial charge on any atom is 0.265 e. The lowest BCUT2D eigenvalue weighted by atomic mass is 10.1. The average molecular weight is 388 g/mol. The highest BCUT2D eigenvalue weighted by Crippen LogP contribution is 2.28. The number of nitrogens with one attached hydrogen (secondary N) is 2. The van der Waals surface area contributed by atoms with Gasteiger partial charge in [0, 0.05) is 5.69 Å². The first-order chi connectivity index (χ1) is 12.3. The van der Waals surface area contributed by atoms with Gasteiger partial charge in [0.1, 0.15) is 5.75 Å². The summed E-state index contributed by atoms with van der Waals surface area (Å²) >= 11 is 1.29. The first kappa shape index (κ1) is 18.0. The zero-order valence-electron chi connectivity index (χ0n) is 13.8. The highest BCUT2D eigenvalue weighted by atomic mass is 32.2. The molecule has 1 heterocycles. The second kappa shape index (κ2) is 7.19. The van der Waals surface area contributed by atoms with Gasteiger partial charge in [-0.05, 0) is 52.9 Å². The van der Waals surface area contributed by atoms with Crippen LogP contribution >= 0.6 is 11.3 Å². The fourth-order valence-electron chi connectivity index (χ4n) is 2.36. The first-order valence-electron chi connectivity index (χ1n) is 7.57. The van der Waals surface area contributed by atoms with E-state index in [1.165, 1.54) is 11.3 Å². The van der Waals surface area contributed by atoms with Gasteiger partial charge in [0.05, 0.1) is 16.8 Å². The molecule has 0 fully saturated rings. The van der Waals surface area contributed by atoms with E-state index in [1.807, 2.05) is 11.4 Å². The van der Waals surface area contributed by atoms with Crippen LogP contribution in [0.1, 0.15) is 9.67 Å². The second-order valence-corrected chi connectivity index (χ2v) is 8.32. The Morgan fingerprint density at radius 2 is 1.73 bits per heavy atom. The van der Waals surface area contributed by atoms with E-state index in [-0.39, 0.29) is 11.7 Å². The van der Waals surface area contributed by atoms with Crippen LogP contribution in [0.3, 0.4) is 0 Å². The Morgan fingerprint density at radius 3 is 2.46 bits per heavy atom. The Morgan fingerprint density at radius 1 is 1.00 bits per heavy atom. The van der Waals surface area contributed by atoms with Crippen molar-refractivity contribution in [1.82, 2.24) is 0 Å². The molecule has 0 saturated carbocycles. The van der Waals surface area contributed by atoms with Crippen LogP contribution in [0.2, 0.25) is 0 Å². The van der Waals surface area contributed by atoms with Crippen LogP contribution in [-0.4, -0.2) is 25.7 Å². The third-order valence-electron chi connectivity index (χ3n) is 3.43. The Bertz CT molecular complexity index is 1060. The minimum absolute atomic E-state index is 0.162. The second-order valence-electron chi connectivity index (χ2n) is 5.66. The summed E-state index contributed by atoms with van der Waals surface area (Å²) in [6.07, 6.45) is 1.06. The van der Waals surface area contributed by atoms with Crippen LogP contribution in [0.4, 0.5) is 11.4 Å². The minimum Gasteiger partial charge on any atom is -0.508 e. The Kier molecular flexibility index (Phi) is 4.97. The van der Waals surface area contributed by atoms with Crippen molar-refractivity contribution >= 4 is 38.6 Å². The van der Waals surface area contributed by atoms with Crippen molar-refractivity contribution < 1.29 is 18.3 Å². The Balaban J connectivity index is 1.76. The fourth-order valence-corrected chi connectivity index (χ4v) is 3.73. The zero-order valence-corrected chi connectivity index (χ0v) is 15.4. The van der Waals surface area contributed by atoms with Gasteiger partial charge in [-0.25, -0.2) is 8.42 Å². The lowest BCUT2D eigenvalue weighted by molar-refractivity contribution is 0.103. The van der Waals surface area contributed by atoms with Crippen molar-refractivity contribution in [1.29, 1.82) is 0 Å². The molecule has 1 aromatic heterocycles. The van der Waals surface area contributed by atoms with Crippen LogP contribution in [0, 0.1) is 0 Å². The van der Waals surface area contributed by atoms with Crippen LogP contribution in [0.5, 0.6) is 5.75 Å². The maximum absolute atomic E-state index is 12.4. The van der Waals surface area contributed by atoms with Crippen molar-refractivity contribution in [3.8, 4) is 16.9 Å². The van der Waals surface area contributed by atoms with Gasteiger partial charge < -0.3 is 10.4 Å². The van der Waals surface area contributed by atoms with E-state index in [0.29, 0.717) is 16.3 Å². The van der Waals surface area contributed by atoms with Crippen LogP contribution in [0.15, 0.2) is 60.0 Å². The summed E-state index contributed by atoms with van der Waals surface area (Å²) in [6, 6.07) is 15.0. The van der Waals surface area contributed by atoms with Gasteiger partial charge in [0.25, 0.3) is 5.91 Å². The van der Waals surface area contributed by atoms with Crippen molar-refractivity contribution in [3.05, 3.63) is 64.9 Å². The van der Waals surface area contributed by atoms with Gasteiger partial charge in [-0.15, -0.1) is 11.3 Å². The molecule has 26 heavy (non-hydrogen) atoms. The number of benzene rings is 2. The molecule has 2 aromatic carbocycles. The standard InChI is InChI=1S/C18H16N2O4S2/c1-26(23,24)20-15-6-3-5-14(10-15)19-18(22)17-9-13(11-25-17)12-4-2-7-16(21)8-12/h2-11,20-21H,1H3,(H,19,22). The number of hydrogen-bond acceptors (Lipinski definition) is 5. The molecule has 134 valence electrons. The monoisotopic (exact) mass is 388 g/mol. The maximum atomic E-state index is 12.4. The molecule has 3 aromatic rings. The molecule has 3 rings (SSSR count). The topological polar surface area (TPSA) is 95.5 Å². The number of rotatable bonds is 5. The molecule has 0 aliphatic rings. The van der Waals surface area contributed by atoms with Crippen molar-refractivity contribution in [2.75, 3.05) is 16.3 Å². The van der Waals surface area contributed by atoms with Crippen molar-refractivity contribution in [2.24, 2.45) is 0 Å². The number of carbonyl (C=O) groups is 1. The summed E-state index contributed by atoms with van der Waals surface area (Å²) in [6.45, 7) is 0. The van der Waals surface area contributed by atoms with Gasteiger partial charge in [0.2, 0.25) is 10.0 Å². The highest BCUT2D eigenvalue weighted by Gasteiger charge is 2.11. The molecular weight excluding hydrogens is 372 g/mol. The number of aromatic hydroxyl groups is 1. The number of phenolic OH excluding ortho intramolecular Hbond substituents is 1. The van der Waals surface area contributed by atoms with Crippen LogP contribution in [0.25, 0.3) is 11.1 Å². The summed E-state index contributed by atoms with van der Waals surface area (Å²) in [4.78, 5) is 12.9. The predicted molar refractivity (Wildman–Crippen MR) is 104 cm³/mol. The minimum atomic E-state index is -3.39. The molecule has 0 aliphatic heterocycles. The number of thiophene rings is 1. The van der Waals surface area contributed by atoms with Crippen molar-refractivity contribution in [3.63, 3.8) is 0 Å². The van der Waals surface area contributed by atoms with Gasteiger partial charge in [-0.1, -0.05) is 18.2 Å². The summed E-state index contributed by atoms with van der Waals surface area (Å²) in [5.74, 6) is -0.132. The molecule has 0 saturated heterocycles.